The molecule has 0 atom stereocenters. The maximum Gasteiger partial charge on any atom is 0.255 e. The first-order valence-electron chi connectivity index (χ1n) is 14.7. The molecule has 37 heavy (non-hydrogen) atoms. The van der Waals surface area contributed by atoms with Crippen LogP contribution >= 0.6 is 0 Å². The van der Waals surface area contributed by atoms with Crippen LogP contribution in [-0.4, -0.2) is 48.3 Å². The third-order valence-corrected chi connectivity index (χ3v) is 9.51. The maximum atomic E-state index is 13.7. The van der Waals surface area contributed by atoms with Crippen LogP contribution < -0.4 is 4.74 Å². The number of ether oxygens (including phenoxy) is 2. The van der Waals surface area contributed by atoms with Crippen LogP contribution in [0.4, 0.5) is 0 Å². The van der Waals surface area contributed by atoms with Crippen molar-refractivity contribution in [2.75, 3.05) is 32.9 Å². The Bertz CT molecular complexity index is 1150. The van der Waals surface area contributed by atoms with Crippen molar-refractivity contribution in [3.63, 3.8) is 0 Å². The number of hydrogen-bond acceptors (Lipinski definition) is 3. The van der Waals surface area contributed by atoms with E-state index in [1.54, 1.807) is 0 Å². The summed E-state index contributed by atoms with van der Waals surface area (Å²) >= 11 is 0. The topological polar surface area (TPSA) is 43.7 Å². The minimum absolute atomic E-state index is 0.0181. The van der Waals surface area contributed by atoms with Gasteiger partial charge in [0.2, 0.25) is 0 Å². The number of aromatic nitrogens is 1. The standard InChI is InChI=1S/C32H44N2O3/c1-22-25(30(35)33-13-16-36-17-14-33)20-28(34(22)21-23-8-6-5-7-9-23)24-18-26(31(2,3)4)29-27(19-24)32(10-11-32)12-15-37-29/h18-20,23H,5-17,21H2,1-4H3. The Labute approximate surface area is 222 Å². The predicted octanol–water partition coefficient (Wildman–Crippen LogP) is 6.63. The molecule has 1 aromatic heterocycles. The normalized spacial score (nSPS) is 21.6. The van der Waals surface area contributed by atoms with E-state index in [-0.39, 0.29) is 11.3 Å². The van der Waals surface area contributed by atoms with Crippen molar-refractivity contribution < 1.29 is 14.3 Å². The number of fused-ring (bicyclic) bond motifs is 2. The summed E-state index contributed by atoms with van der Waals surface area (Å²) in [6.07, 6.45) is 10.2. The van der Waals surface area contributed by atoms with Crippen molar-refractivity contribution in [1.82, 2.24) is 9.47 Å². The first-order valence-corrected chi connectivity index (χ1v) is 14.7. The first-order chi connectivity index (χ1) is 17.8. The molecule has 1 spiro atoms. The molecule has 0 radical (unpaired) electrons. The Kier molecular flexibility index (Phi) is 6.42. The molecule has 2 aliphatic heterocycles. The Morgan fingerprint density at radius 1 is 1.00 bits per heavy atom. The van der Waals surface area contributed by atoms with Gasteiger partial charge in [-0.3, -0.25) is 4.79 Å². The SMILES string of the molecule is Cc1c(C(=O)N2CCOCC2)cc(-c2cc(C(C)(C)C)c3c(c2)C2(CCO3)CC2)n1CC1CCCCC1. The van der Waals surface area contributed by atoms with Crippen LogP contribution in [0.25, 0.3) is 11.3 Å². The largest absolute Gasteiger partial charge is 0.493 e. The second-order valence-corrected chi connectivity index (χ2v) is 13.1. The van der Waals surface area contributed by atoms with Gasteiger partial charge in [0.25, 0.3) is 5.91 Å². The number of carbonyl (C=O) groups is 1. The minimum atomic E-state index is -0.0181. The Balaban J connectivity index is 1.48. The minimum Gasteiger partial charge on any atom is -0.493 e. The molecular formula is C32H44N2O3. The third-order valence-electron chi connectivity index (χ3n) is 9.51. The van der Waals surface area contributed by atoms with Crippen LogP contribution in [0.2, 0.25) is 0 Å². The van der Waals surface area contributed by atoms with E-state index in [0.717, 1.165) is 36.6 Å². The lowest BCUT2D eigenvalue weighted by Crippen LogP contribution is -2.40. The van der Waals surface area contributed by atoms with Gasteiger partial charge in [-0.15, -0.1) is 0 Å². The summed E-state index contributed by atoms with van der Waals surface area (Å²) in [5, 5.41) is 0. The van der Waals surface area contributed by atoms with Gasteiger partial charge in [-0.2, -0.15) is 0 Å². The summed E-state index contributed by atoms with van der Waals surface area (Å²) in [6, 6.07) is 6.99. The van der Waals surface area contributed by atoms with Gasteiger partial charge in [0.1, 0.15) is 5.75 Å². The number of carbonyl (C=O) groups excluding carboxylic acids is 1. The van der Waals surface area contributed by atoms with Crippen LogP contribution in [0.1, 0.15) is 99.3 Å². The van der Waals surface area contributed by atoms with Crippen LogP contribution in [0.5, 0.6) is 5.75 Å². The zero-order valence-corrected chi connectivity index (χ0v) is 23.3. The quantitative estimate of drug-likeness (QED) is 0.469. The van der Waals surface area contributed by atoms with Crippen molar-refractivity contribution in [1.29, 1.82) is 0 Å². The number of nitrogens with zero attached hydrogens (tertiary/aromatic N) is 2. The van der Waals surface area contributed by atoms with E-state index in [1.165, 1.54) is 67.3 Å². The smallest absolute Gasteiger partial charge is 0.255 e. The highest BCUT2D eigenvalue weighted by Crippen LogP contribution is 2.58. The Morgan fingerprint density at radius 2 is 1.73 bits per heavy atom. The van der Waals surface area contributed by atoms with Crippen molar-refractivity contribution in [2.45, 2.75) is 96.4 Å². The number of morpholine rings is 1. The predicted molar refractivity (Wildman–Crippen MR) is 148 cm³/mol. The fraction of sp³-hybridized carbons (Fsp3) is 0.656. The van der Waals surface area contributed by atoms with Crippen LogP contribution in [-0.2, 0) is 22.1 Å². The van der Waals surface area contributed by atoms with E-state index >= 15 is 0 Å². The third kappa shape index (κ3) is 4.62. The van der Waals surface area contributed by atoms with Crippen LogP contribution in [0.3, 0.4) is 0 Å². The molecule has 0 bridgehead atoms. The molecule has 5 nitrogen and oxygen atoms in total. The van der Waals surface area contributed by atoms with E-state index < -0.39 is 0 Å². The zero-order chi connectivity index (χ0) is 25.8. The molecule has 1 aromatic carbocycles. The van der Waals surface area contributed by atoms with E-state index in [2.05, 4.69) is 50.5 Å². The van der Waals surface area contributed by atoms with E-state index in [1.807, 2.05) is 4.90 Å². The van der Waals surface area contributed by atoms with Gasteiger partial charge in [-0.1, -0.05) is 40.0 Å². The number of amides is 1. The number of hydrogen-bond donors (Lipinski definition) is 0. The molecule has 200 valence electrons. The lowest BCUT2D eigenvalue weighted by atomic mass is 9.79. The van der Waals surface area contributed by atoms with Gasteiger partial charge in [-0.25, -0.2) is 0 Å². The van der Waals surface area contributed by atoms with E-state index in [0.29, 0.717) is 37.6 Å². The molecule has 1 amide bonds. The van der Waals surface area contributed by atoms with Crippen molar-refractivity contribution in [3.8, 4) is 17.0 Å². The van der Waals surface area contributed by atoms with Gasteiger partial charge in [0.05, 0.1) is 25.4 Å². The molecule has 2 aliphatic carbocycles. The molecule has 2 aromatic rings. The Hall–Kier alpha value is -2.27. The second kappa shape index (κ2) is 9.48. The molecule has 4 aliphatic rings. The van der Waals surface area contributed by atoms with Gasteiger partial charge in [-0.05, 0) is 74.1 Å². The van der Waals surface area contributed by atoms with E-state index in [4.69, 9.17) is 9.47 Å². The lowest BCUT2D eigenvalue weighted by Gasteiger charge is -2.33. The van der Waals surface area contributed by atoms with Crippen molar-refractivity contribution >= 4 is 5.91 Å². The van der Waals surface area contributed by atoms with E-state index in [9.17, 15) is 4.79 Å². The summed E-state index contributed by atoms with van der Waals surface area (Å²) < 4.78 is 14.4. The first kappa shape index (κ1) is 25.0. The molecule has 1 saturated heterocycles. The summed E-state index contributed by atoms with van der Waals surface area (Å²) in [5.74, 6) is 1.97. The number of benzene rings is 1. The van der Waals surface area contributed by atoms with Crippen molar-refractivity contribution in [3.05, 3.63) is 40.6 Å². The highest BCUT2D eigenvalue weighted by molar-refractivity contribution is 5.97. The summed E-state index contributed by atoms with van der Waals surface area (Å²) in [6.45, 7) is 13.5. The summed E-state index contributed by atoms with van der Waals surface area (Å²) in [5.41, 5.74) is 7.42. The average molecular weight is 505 g/mol. The van der Waals surface area contributed by atoms with Gasteiger partial charge < -0.3 is 18.9 Å². The molecular weight excluding hydrogens is 460 g/mol. The maximum absolute atomic E-state index is 13.7. The second-order valence-electron chi connectivity index (χ2n) is 13.1. The number of rotatable bonds is 4. The van der Waals surface area contributed by atoms with Gasteiger partial charge in [0, 0.05) is 47.6 Å². The monoisotopic (exact) mass is 504 g/mol. The molecule has 6 rings (SSSR count). The molecule has 3 heterocycles. The van der Waals surface area contributed by atoms with Gasteiger partial charge >= 0.3 is 0 Å². The molecule has 3 fully saturated rings. The van der Waals surface area contributed by atoms with Gasteiger partial charge in [0.15, 0.2) is 0 Å². The zero-order valence-electron chi connectivity index (χ0n) is 23.3. The van der Waals surface area contributed by atoms with Crippen LogP contribution in [0, 0.1) is 12.8 Å². The fourth-order valence-electron chi connectivity index (χ4n) is 6.94. The fourth-order valence-corrected chi connectivity index (χ4v) is 6.94. The van der Waals surface area contributed by atoms with Crippen molar-refractivity contribution in [2.24, 2.45) is 5.92 Å². The average Bonchev–Trinajstić information content (AvgIpc) is 3.60. The molecule has 0 N–H and O–H groups in total. The van der Waals surface area contributed by atoms with Crippen LogP contribution in [0.15, 0.2) is 18.2 Å². The highest BCUT2D eigenvalue weighted by Gasteiger charge is 2.49. The lowest BCUT2D eigenvalue weighted by molar-refractivity contribution is 0.0302. The molecule has 5 heteroatoms. The summed E-state index contributed by atoms with van der Waals surface area (Å²) in [4.78, 5) is 15.7. The molecule has 0 unspecified atom stereocenters. The summed E-state index contributed by atoms with van der Waals surface area (Å²) in [7, 11) is 0. The highest BCUT2D eigenvalue weighted by atomic mass is 16.5. The Morgan fingerprint density at radius 3 is 2.41 bits per heavy atom. The molecule has 2 saturated carbocycles.